The predicted molar refractivity (Wildman–Crippen MR) is 109 cm³/mol. The molecule has 1 heteroatoms. The molecular formula is C25H33F. The molecule has 0 nitrogen and oxygen atoms in total. The Hall–Kier alpha value is -1.37. The summed E-state index contributed by atoms with van der Waals surface area (Å²) in [5, 5.41) is 0. The minimum atomic E-state index is 0.505. The molecule has 0 aromatic heterocycles. The predicted octanol–water partition coefficient (Wildman–Crippen LogP) is 7.14. The van der Waals surface area contributed by atoms with Crippen LogP contribution in [0.2, 0.25) is 0 Å². The van der Waals surface area contributed by atoms with Gasteiger partial charge < -0.3 is 0 Å². The molecule has 0 saturated heterocycles. The van der Waals surface area contributed by atoms with Gasteiger partial charge in [0, 0.05) is 0 Å². The van der Waals surface area contributed by atoms with Crippen molar-refractivity contribution in [2.24, 2.45) is 29.6 Å². The topological polar surface area (TPSA) is 0 Å². The molecule has 0 heterocycles. The third-order valence-electron chi connectivity index (χ3n) is 7.56. The molecular weight excluding hydrogens is 319 g/mol. The molecule has 0 spiro atoms. The molecule has 1 aromatic rings. The van der Waals surface area contributed by atoms with Gasteiger partial charge in [-0.05, 0) is 111 Å². The second kappa shape index (κ2) is 8.11. The Bertz CT molecular complexity index is 671. The molecule has 0 N–H and O–H groups in total. The molecule has 3 aliphatic carbocycles. The van der Waals surface area contributed by atoms with Gasteiger partial charge >= 0.3 is 0 Å². The summed E-state index contributed by atoms with van der Waals surface area (Å²) >= 11 is 0. The van der Waals surface area contributed by atoms with Crippen molar-refractivity contribution in [3.63, 3.8) is 0 Å². The first-order valence-corrected chi connectivity index (χ1v) is 10.8. The number of fused-ring (bicyclic) bond motifs is 2. The highest BCUT2D eigenvalue weighted by Crippen LogP contribution is 2.48. The maximum atomic E-state index is 12.5. The maximum Gasteiger partial charge on any atom is 0.0829 e. The van der Waals surface area contributed by atoms with Crippen LogP contribution in [0.4, 0.5) is 4.39 Å². The van der Waals surface area contributed by atoms with Gasteiger partial charge in [0.1, 0.15) is 0 Å². The van der Waals surface area contributed by atoms with Crippen LogP contribution >= 0.6 is 0 Å². The number of allylic oxidation sites excluding steroid dienone is 2. The van der Waals surface area contributed by atoms with Crippen molar-refractivity contribution in [1.82, 2.24) is 0 Å². The third-order valence-corrected chi connectivity index (χ3v) is 7.56. The van der Waals surface area contributed by atoms with Gasteiger partial charge in [0.05, 0.1) is 6.33 Å². The van der Waals surface area contributed by atoms with Crippen molar-refractivity contribution in [3.05, 3.63) is 53.4 Å². The van der Waals surface area contributed by atoms with Crippen LogP contribution in [0, 0.1) is 29.6 Å². The average molecular weight is 353 g/mol. The van der Waals surface area contributed by atoms with E-state index in [0.717, 1.165) is 30.0 Å². The van der Waals surface area contributed by atoms with Crippen LogP contribution < -0.4 is 0 Å². The molecule has 0 amide bonds. The minimum Gasteiger partial charge on any atom is -0.216 e. The quantitative estimate of drug-likeness (QED) is 0.542. The molecule has 5 atom stereocenters. The number of halogens is 1. The summed E-state index contributed by atoms with van der Waals surface area (Å²) in [6, 6.07) is 7.08. The summed E-state index contributed by atoms with van der Waals surface area (Å²) in [6.45, 7) is 2.09. The van der Waals surface area contributed by atoms with Gasteiger partial charge in [-0.25, -0.2) is 4.39 Å². The van der Waals surface area contributed by atoms with Crippen LogP contribution in [-0.4, -0.2) is 0 Å². The van der Waals surface area contributed by atoms with E-state index in [9.17, 15) is 4.39 Å². The van der Waals surface area contributed by atoms with Gasteiger partial charge in [0.15, 0.2) is 0 Å². The van der Waals surface area contributed by atoms with Gasteiger partial charge in [0.25, 0.3) is 0 Å². The van der Waals surface area contributed by atoms with Crippen molar-refractivity contribution in [3.8, 4) is 0 Å². The summed E-state index contributed by atoms with van der Waals surface area (Å²) in [5.74, 6) is 4.09. The Balaban J connectivity index is 1.38. The van der Waals surface area contributed by atoms with Crippen molar-refractivity contribution in [2.75, 3.05) is 0 Å². The van der Waals surface area contributed by atoms with E-state index in [1.54, 1.807) is 11.1 Å². The Kier molecular flexibility index (Phi) is 5.62. The van der Waals surface area contributed by atoms with Crippen LogP contribution in [0.3, 0.4) is 0 Å². The fourth-order valence-electron chi connectivity index (χ4n) is 6.17. The molecule has 0 radical (unpaired) electrons. The van der Waals surface area contributed by atoms with Crippen molar-refractivity contribution >= 4 is 6.08 Å². The van der Waals surface area contributed by atoms with E-state index in [1.807, 2.05) is 6.08 Å². The molecule has 2 saturated carbocycles. The van der Waals surface area contributed by atoms with Crippen molar-refractivity contribution < 1.29 is 4.39 Å². The van der Waals surface area contributed by atoms with E-state index in [1.165, 1.54) is 63.4 Å². The van der Waals surface area contributed by atoms with E-state index in [4.69, 9.17) is 0 Å². The summed E-state index contributed by atoms with van der Waals surface area (Å²) in [6.07, 6.45) is 18.8. The van der Waals surface area contributed by atoms with E-state index >= 15 is 0 Å². The Morgan fingerprint density at radius 2 is 1.65 bits per heavy atom. The Morgan fingerprint density at radius 3 is 2.46 bits per heavy atom. The molecule has 5 unspecified atom stereocenters. The smallest absolute Gasteiger partial charge is 0.0829 e. The lowest BCUT2D eigenvalue weighted by atomic mass is 9.61. The fourth-order valence-corrected chi connectivity index (χ4v) is 6.17. The van der Waals surface area contributed by atoms with E-state index in [2.05, 4.69) is 37.3 Å². The average Bonchev–Trinajstić information content (AvgIpc) is 2.68. The zero-order valence-electron chi connectivity index (χ0n) is 16.2. The second-order valence-electron chi connectivity index (χ2n) is 9.02. The molecule has 0 aliphatic heterocycles. The Labute approximate surface area is 158 Å². The molecule has 3 aliphatic rings. The highest BCUT2D eigenvalue weighted by molar-refractivity contribution is 5.52. The molecule has 2 fully saturated rings. The molecule has 0 bridgehead atoms. The van der Waals surface area contributed by atoms with Gasteiger partial charge in [0.2, 0.25) is 0 Å². The molecule has 26 heavy (non-hydrogen) atoms. The van der Waals surface area contributed by atoms with E-state index in [-0.39, 0.29) is 0 Å². The van der Waals surface area contributed by atoms with Crippen molar-refractivity contribution in [2.45, 2.75) is 64.7 Å². The molecule has 140 valence electrons. The normalized spacial score (nSPS) is 34.8. The van der Waals surface area contributed by atoms with E-state index < -0.39 is 0 Å². The number of aryl methyl sites for hydroxylation is 1. The van der Waals surface area contributed by atoms with Gasteiger partial charge in [-0.2, -0.15) is 0 Å². The lowest BCUT2D eigenvalue weighted by Crippen LogP contribution is -2.34. The zero-order chi connectivity index (χ0) is 17.9. The molecule has 1 aromatic carbocycles. The SMILES string of the molecule is C/C=C/c1ccc2c(c1)CCC(C1CCC3CC(/C=C/F)CCC3C1)C2. The number of rotatable bonds is 3. The van der Waals surface area contributed by atoms with E-state index in [0.29, 0.717) is 5.92 Å². The maximum absolute atomic E-state index is 12.5. The zero-order valence-corrected chi connectivity index (χ0v) is 16.2. The van der Waals surface area contributed by atoms with Crippen LogP contribution in [0.5, 0.6) is 0 Å². The number of benzene rings is 1. The summed E-state index contributed by atoms with van der Waals surface area (Å²) < 4.78 is 12.5. The number of hydrogen-bond acceptors (Lipinski definition) is 0. The largest absolute Gasteiger partial charge is 0.216 e. The molecule has 4 rings (SSSR count). The highest BCUT2D eigenvalue weighted by atomic mass is 19.1. The van der Waals surface area contributed by atoms with Gasteiger partial charge in [-0.1, -0.05) is 36.4 Å². The first kappa shape index (κ1) is 18.0. The highest BCUT2D eigenvalue weighted by Gasteiger charge is 2.38. The monoisotopic (exact) mass is 352 g/mol. The summed E-state index contributed by atoms with van der Waals surface area (Å²) in [4.78, 5) is 0. The summed E-state index contributed by atoms with van der Waals surface area (Å²) in [5.41, 5.74) is 4.54. The van der Waals surface area contributed by atoms with Crippen molar-refractivity contribution in [1.29, 1.82) is 0 Å². The van der Waals surface area contributed by atoms with Crippen LogP contribution in [0.25, 0.3) is 6.08 Å². The first-order chi connectivity index (χ1) is 12.8. The standard InChI is InChI=1S/C25H33F/c1-2-3-18-4-6-22-16-24(10-8-20(22)14-18)25-11-9-21-15-19(12-13-26)5-7-23(21)17-25/h2-4,6,12-14,19,21,23-25H,5,7-11,15-17H2,1H3/b3-2+,13-12+. The van der Waals surface area contributed by atoms with Gasteiger partial charge in [-0.15, -0.1) is 0 Å². The van der Waals surface area contributed by atoms with Crippen LogP contribution in [-0.2, 0) is 12.8 Å². The van der Waals surface area contributed by atoms with Crippen LogP contribution in [0.1, 0.15) is 68.6 Å². The minimum absolute atomic E-state index is 0.505. The number of hydrogen-bond donors (Lipinski definition) is 0. The fraction of sp³-hybridized carbons (Fsp3) is 0.600. The third kappa shape index (κ3) is 3.82. The lowest BCUT2D eigenvalue weighted by molar-refractivity contribution is 0.0809. The Morgan fingerprint density at radius 1 is 0.885 bits per heavy atom. The first-order valence-electron chi connectivity index (χ1n) is 10.8. The summed E-state index contributed by atoms with van der Waals surface area (Å²) in [7, 11) is 0. The lowest BCUT2D eigenvalue weighted by Gasteiger charge is -2.44. The van der Waals surface area contributed by atoms with Gasteiger partial charge in [-0.3, -0.25) is 0 Å². The second-order valence-corrected chi connectivity index (χ2v) is 9.02. The van der Waals surface area contributed by atoms with Crippen LogP contribution in [0.15, 0.2) is 36.7 Å².